The number of nitrogens with one attached hydrogen (secondary N) is 1. The molecule has 1 N–H and O–H groups in total. The van der Waals surface area contributed by atoms with Crippen LogP contribution in [0, 0.1) is 13.8 Å². The summed E-state index contributed by atoms with van der Waals surface area (Å²) in [4.78, 5) is 21.9. The second-order valence-electron chi connectivity index (χ2n) is 7.70. The van der Waals surface area contributed by atoms with Gasteiger partial charge < -0.3 is 5.32 Å². The van der Waals surface area contributed by atoms with Crippen molar-refractivity contribution >= 4 is 34.3 Å². The molecule has 3 aromatic rings. The molecule has 1 aromatic heterocycles. The van der Waals surface area contributed by atoms with E-state index >= 15 is 0 Å². The molecule has 0 saturated carbocycles. The Kier molecular flexibility index (Phi) is 5.51. The molecule has 0 bridgehead atoms. The number of carbonyl (C=O) groups is 1. The molecular formula is C22H25N3OS. The van der Waals surface area contributed by atoms with Gasteiger partial charge in [0, 0.05) is 16.5 Å². The minimum atomic E-state index is -0.153. The number of aromatic nitrogens is 2. The van der Waals surface area contributed by atoms with E-state index in [4.69, 9.17) is 9.97 Å². The first-order valence-corrected chi connectivity index (χ1v) is 10.0. The van der Waals surface area contributed by atoms with E-state index in [1.165, 1.54) is 11.8 Å². The zero-order chi connectivity index (χ0) is 19.6. The van der Waals surface area contributed by atoms with Crippen LogP contribution in [0.15, 0.2) is 47.5 Å². The minimum absolute atomic E-state index is 0.0336. The van der Waals surface area contributed by atoms with E-state index in [0.29, 0.717) is 5.75 Å². The SMILES string of the molecule is Cc1cccc(NC(=O)CSc2nc(C(C)(C)C)nc3ccccc23)c1C. The maximum Gasteiger partial charge on any atom is 0.234 e. The van der Waals surface area contributed by atoms with E-state index in [1.54, 1.807) is 0 Å². The summed E-state index contributed by atoms with van der Waals surface area (Å²) in [6.07, 6.45) is 0. The summed E-state index contributed by atoms with van der Waals surface area (Å²) >= 11 is 1.45. The second-order valence-corrected chi connectivity index (χ2v) is 8.67. The summed E-state index contributed by atoms with van der Waals surface area (Å²) < 4.78 is 0. The number of aryl methyl sites for hydroxylation is 1. The third kappa shape index (κ3) is 4.48. The summed E-state index contributed by atoms with van der Waals surface area (Å²) in [5.41, 5.74) is 3.88. The van der Waals surface area contributed by atoms with Crippen LogP contribution in [0.2, 0.25) is 0 Å². The highest BCUT2D eigenvalue weighted by atomic mass is 32.2. The Labute approximate surface area is 164 Å². The molecule has 0 unspecified atom stereocenters. The fourth-order valence-corrected chi connectivity index (χ4v) is 3.52. The van der Waals surface area contributed by atoms with Gasteiger partial charge in [-0.1, -0.05) is 62.9 Å². The van der Waals surface area contributed by atoms with Crippen molar-refractivity contribution < 1.29 is 4.79 Å². The monoisotopic (exact) mass is 379 g/mol. The van der Waals surface area contributed by atoms with Gasteiger partial charge in [0.2, 0.25) is 5.91 Å². The zero-order valence-electron chi connectivity index (χ0n) is 16.5. The number of thioether (sulfide) groups is 1. The predicted octanol–water partition coefficient (Wildman–Crippen LogP) is 5.27. The fraction of sp³-hybridized carbons (Fsp3) is 0.318. The highest BCUT2D eigenvalue weighted by Gasteiger charge is 2.20. The zero-order valence-corrected chi connectivity index (χ0v) is 17.3. The number of nitrogens with zero attached hydrogens (tertiary/aromatic N) is 2. The predicted molar refractivity (Wildman–Crippen MR) is 114 cm³/mol. The Hall–Kier alpha value is -2.40. The maximum atomic E-state index is 12.5. The third-order valence-corrected chi connectivity index (χ3v) is 5.45. The van der Waals surface area contributed by atoms with Gasteiger partial charge in [-0.05, 0) is 37.1 Å². The van der Waals surface area contributed by atoms with Crippen LogP contribution in [0.5, 0.6) is 0 Å². The van der Waals surface area contributed by atoms with E-state index < -0.39 is 0 Å². The molecule has 3 rings (SSSR count). The van der Waals surface area contributed by atoms with Gasteiger partial charge in [0.15, 0.2) is 0 Å². The maximum absolute atomic E-state index is 12.5. The van der Waals surface area contributed by atoms with E-state index in [9.17, 15) is 4.79 Å². The van der Waals surface area contributed by atoms with Crippen molar-refractivity contribution in [1.82, 2.24) is 9.97 Å². The minimum Gasteiger partial charge on any atom is -0.325 e. The Bertz CT molecular complexity index is 993. The average molecular weight is 380 g/mol. The molecule has 0 spiro atoms. The largest absolute Gasteiger partial charge is 0.325 e. The van der Waals surface area contributed by atoms with E-state index in [-0.39, 0.29) is 11.3 Å². The van der Waals surface area contributed by atoms with Crippen LogP contribution < -0.4 is 5.32 Å². The highest BCUT2D eigenvalue weighted by molar-refractivity contribution is 8.00. The lowest BCUT2D eigenvalue weighted by Crippen LogP contribution is -2.18. The van der Waals surface area contributed by atoms with Gasteiger partial charge in [-0.2, -0.15) is 0 Å². The topological polar surface area (TPSA) is 54.9 Å². The molecule has 4 nitrogen and oxygen atoms in total. The van der Waals surface area contributed by atoms with Gasteiger partial charge >= 0.3 is 0 Å². The quantitative estimate of drug-likeness (QED) is 0.495. The highest BCUT2D eigenvalue weighted by Crippen LogP contribution is 2.29. The van der Waals surface area contributed by atoms with Crippen molar-refractivity contribution in [2.45, 2.75) is 45.1 Å². The number of rotatable bonds is 4. The molecule has 0 aliphatic rings. The number of fused-ring (bicyclic) bond motifs is 1. The molecule has 1 amide bonds. The molecule has 0 fully saturated rings. The van der Waals surface area contributed by atoms with Crippen molar-refractivity contribution in [3.05, 3.63) is 59.4 Å². The second kappa shape index (κ2) is 7.69. The van der Waals surface area contributed by atoms with Gasteiger partial charge in [0.05, 0.1) is 11.3 Å². The van der Waals surface area contributed by atoms with Gasteiger partial charge in [-0.3, -0.25) is 4.79 Å². The first kappa shape index (κ1) is 19.4. The molecule has 0 aliphatic heterocycles. The van der Waals surface area contributed by atoms with Crippen LogP contribution in [0.3, 0.4) is 0 Å². The van der Waals surface area contributed by atoms with Gasteiger partial charge in [0.25, 0.3) is 0 Å². The standard InChI is InChI=1S/C22H25N3OS/c1-14-9-8-12-17(15(14)2)23-19(26)13-27-20-16-10-6-7-11-18(16)24-21(25-20)22(3,4)5/h6-12H,13H2,1-5H3,(H,23,26). The lowest BCUT2D eigenvalue weighted by atomic mass is 9.95. The number of anilines is 1. The van der Waals surface area contributed by atoms with Crippen molar-refractivity contribution in [1.29, 1.82) is 0 Å². The van der Waals surface area contributed by atoms with E-state index in [2.05, 4.69) is 26.1 Å². The molecule has 0 radical (unpaired) electrons. The smallest absolute Gasteiger partial charge is 0.234 e. The Morgan fingerprint density at radius 3 is 2.52 bits per heavy atom. The van der Waals surface area contributed by atoms with Crippen molar-refractivity contribution in [3.8, 4) is 0 Å². The summed E-state index contributed by atoms with van der Waals surface area (Å²) in [6, 6.07) is 13.9. The van der Waals surface area contributed by atoms with Crippen molar-refractivity contribution in [2.24, 2.45) is 0 Å². The van der Waals surface area contributed by atoms with Crippen molar-refractivity contribution in [2.75, 3.05) is 11.1 Å². The van der Waals surface area contributed by atoms with Gasteiger partial charge in [-0.25, -0.2) is 9.97 Å². The van der Waals surface area contributed by atoms with Crippen LogP contribution >= 0.6 is 11.8 Å². The lowest BCUT2D eigenvalue weighted by molar-refractivity contribution is -0.113. The number of hydrogen-bond acceptors (Lipinski definition) is 4. The molecule has 0 saturated heterocycles. The van der Waals surface area contributed by atoms with Crippen LogP contribution in [-0.2, 0) is 10.2 Å². The summed E-state index contributed by atoms with van der Waals surface area (Å²) in [7, 11) is 0. The first-order chi connectivity index (χ1) is 12.8. The Morgan fingerprint density at radius 1 is 1.04 bits per heavy atom. The van der Waals surface area contributed by atoms with Crippen LogP contribution in [0.4, 0.5) is 5.69 Å². The Morgan fingerprint density at radius 2 is 1.78 bits per heavy atom. The number of benzene rings is 2. The van der Waals surface area contributed by atoms with Gasteiger partial charge in [-0.15, -0.1) is 0 Å². The normalized spacial score (nSPS) is 11.6. The van der Waals surface area contributed by atoms with Crippen LogP contribution in [0.1, 0.15) is 37.7 Å². The Balaban J connectivity index is 1.82. The van der Waals surface area contributed by atoms with E-state index in [0.717, 1.165) is 38.6 Å². The molecule has 1 heterocycles. The summed E-state index contributed by atoms with van der Waals surface area (Å²) in [6.45, 7) is 10.3. The summed E-state index contributed by atoms with van der Waals surface area (Å²) in [5.74, 6) is 1.06. The summed E-state index contributed by atoms with van der Waals surface area (Å²) in [5, 5.41) is 4.84. The molecule has 5 heteroatoms. The van der Waals surface area contributed by atoms with Crippen LogP contribution in [0.25, 0.3) is 10.9 Å². The number of amides is 1. The molecule has 140 valence electrons. The van der Waals surface area contributed by atoms with Crippen LogP contribution in [-0.4, -0.2) is 21.6 Å². The number of hydrogen-bond donors (Lipinski definition) is 1. The number of para-hydroxylation sites is 1. The van der Waals surface area contributed by atoms with Gasteiger partial charge in [0.1, 0.15) is 10.9 Å². The first-order valence-electron chi connectivity index (χ1n) is 9.02. The average Bonchev–Trinajstić information content (AvgIpc) is 2.62. The van der Waals surface area contributed by atoms with Crippen molar-refractivity contribution in [3.63, 3.8) is 0 Å². The molecule has 27 heavy (non-hydrogen) atoms. The third-order valence-electron chi connectivity index (χ3n) is 4.46. The molecule has 0 aliphatic carbocycles. The lowest BCUT2D eigenvalue weighted by Gasteiger charge is -2.18. The number of carbonyl (C=O) groups excluding carboxylic acids is 1. The fourth-order valence-electron chi connectivity index (χ4n) is 2.70. The molecule has 0 atom stereocenters. The molecular weight excluding hydrogens is 354 g/mol. The molecule has 2 aromatic carbocycles. The van der Waals surface area contributed by atoms with E-state index in [1.807, 2.05) is 56.3 Å².